The molecule has 8 nitrogen and oxygen atoms in total. The second-order valence-corrected chi connectivity index (χ2v) is 8.20. The fraction of sp³-hybridized carbons (Fsp3) is 0.458. The minimum atomic E-state index is -0.109. The van der Waals surface area contributed by atoms with Gasteiger partial charge in [0.25, 0.3) is 5.56 Å². The van der Waals surface area contributed by atoms with Crippen molar-refractivity contribution in [1.29, 1.82) is 0 Å². The Bertz CT molecular complexity index is 993. The monoisotopic (exact) mass is 439 g/mol. The number of rotatable bonds is 8. The number of piperidine rings is 1. The highest BCUT2D eigenvalue weighted by Crippen LogP contribution is 2.26. The maximum atomic E-state index is 12.7. The molecular weight excluding hydrogens is 406 g/mol. The fourth-order valence-electron chi connectivity index (χ4n) is 4.05. The summed E-state index contributed by atoms with van der Waals surface area (Å²) < 4.78 is 5.23. The molecule has 0 bridgehead atoms. The van der Waals surface area contributed by atoms with Gasteiger partial charge in [-0.05, 0) is 51.6 Å². The number of aromatic nitrogens is 2. The fourth-order valence-corrected chi connectivity index (χ4v) is 4.05. The van der Waals surface area contributed by atoms with Gasteiger partial charge in [-0.15, -0.1) is 0 Å². The van der Waals surface area contributed by atoms with Gasteiger partial charge in [-0.1, -0.05) is 6.08 Å². The highest BCUT2D eigenvalue weighted by atomic mass is 16.5. The van der Waals surface area contributed by atoms with Crippen LogP contribution in [0.2, 0.25) is 0 Å². The number of hydrogen-bond acceptors (Lipinski definition) is 6. The molecule has 0 aromatic carbocycles. The topological polar surface area (TPSA) is 81.8 Å². The first-order chi connectivity index (χ1) is 15.4. The van der Waals surface area contributed by atoms with Crippen LogP contribution in [0.1, 0.15) is 19.8 Å². The van der Waals surface area contributed by atoms with E-state index in [0.29, 0.717) is 31.2 Å². The van der Waals surface area contributed by atoms with Gasteiger partial charge in [0.05, 0.1) is 7.11 Å². The van der Waals surface area contributed by atoms with Crippen LogP contribution in [0.4, 0.5) is 5.69 Å². The number of hydrogen-bond donors (Lipinski definition) is 1. The SMILES string of the molecule is CCN(c1cc(-c2ccnc(OC)c2)c[nH]c1=O)C1CCN(C(=O)C=CCN(C)C)CC1. The van der Waals surface area contributed by atoms with Crippen molar-refractivity contribution in [3.05, 3.63) is 53.1 Å². The summed E-state index contributed by atoms with van der Waals surface area (Å²) in [6.07, 6.45) is 8.62. The number of nitrogens with zero attached hydrogens (tertiary/aromatic N) is 4. The Morgan fingerprint density at radius 3 is 2.69 bits per heavy atom. The van der Waals surface area contributed by atoms with Gasteiger partial charge in [-0.25, -0.2) is 4.98 Å². The van der Waals surface area contributed by atoms with Crippen molar-refractivity contribution in [3.63, 3.8) is 0 Å². The maximum Gasteiger partial charge on any atom is 0.271 e. The summed E-state index contributed by atoms with van der Waals surface area (Å²) in [7, 11) is 5.53. The van der Waals surface area contributed by atoms with Crippen LogP contribution in [-0.4, -0.2) is 79.1 Å². The lowest BCUT2D eigenvalue weighted by molar-refractivity contribution is -0.127. The van der Waals surface area contributed by atoms with E-state index in [9.17, 15) is 9.59 Å². The molecule has 0 unspecified atom stereocenters. The van der Waals surface area contributed by atoms with E-state index in [1.807, 2.05) is 48.2 Å². The van der Waals surface area contributed by atoms with E-state index in [1.165, 1.54) is 0 Å². The van der Waals surface area contributed by atoms with E-state index >= 15 is 0 Å². The molecule has 1 aliphatic heterocycles. The molecule has 1 saturated heterocycles. The molecule has 2 aromatic heterocycles. The number of aromatic amines is 1. The summed E-state index contributed by atoms with van der Waals surface area (Å²) in [6, 6.07) is 5.88. The van der Waals surface area contributed by atoms with Crippen molar-refractivity contribution in [3.8, 4) is 17.0 Å². The minimum Gasteiger partial charge on any atom is -0.481 e. The standard InChI is InChI=1S/C24H33N5O3/c1-5-29(20-9-13-28(14-10-20)23(30)7-6-12-27(2)3)21-15-19(17-26-24(21)31)18-8-11-25-22(16-18)32-4/h6-8,11,15-17,20H,5,9-10,12-14H2,1-4H3,(H,26,31). The van der Waals surface area contributed by atoms with Crippen molar-refractivity contribution in [1.82, 2.24) is 19.8 Å². The number of carbonyl (C=O) groups excluding carboxylic acids is 1. The smallest absolute Gasteiger partial charge is 0.271 e. The zero-order valence-corrected chi connectivity index (χ0v) is 19.4. The molecule has 1 aliphatic rings. The van der Waals surface area contributed by atoms with Gasteiger partial charge >= 0.3 is 0 Å². The molecule has 0 radical (unpaired) electrons. The second-order valence-electron chi connectivity index (χ2n) is 8.20. The lowest BCUT2D eigenvalue weighted by Gasteiger charge is -2.38. The van der Waals surface area contributed by atoms with Crippen molar-refractivity contribution in [2.75, 3.05) is 52.3 Å². The Hall–Kier alpha value is -3.13. The van der Waals surface area contributed by atoms with Crippen LogP contribution in [0, 0.1) is 0 Å². The number of amides is 1. The Balaban J connectivity index is 1.73. The zero-order chi connectivity index (χ0) is 23.1. The quantitative estimate of drug-likeness (QED) is 0.636. The summed E-state index contributed by atoms with van der Waals surface area (Å²) in [5, 5.41) is 0. The Labute approximate surface area is 189 Å². The molecule has 0 spiro atoms. The molecule has 0 atom stereocenters. The first-order valence-electron chi connectivity index (χ1n) is 11.0. The normalized spacial score (nSPS) is 14.8. The van der Waals surface area contributed by atoms with Crippen LogP contribution in [0.25, 0.3) is 11.1 Å². The number of ether oxygens (including phenoxy) is 1. The van der Waals surface area contributed by atoms with Crippen LogP contribution in [0.5, 0.6) is 5.88 Å². The molecular formula is C24H33N5O3. The van der Waals surface area contributed by atoms with E-state index in [0.717, 1.165) is 30.5 Å². The predicted molar refractivity (Wildman–Crippen MR) is 127 cm³/mol. The summed E-state index contributed by atoms with van der Waals surface area (Å²) >= 11 is 0. The van der Waals surface area contributed by atoms with Gasteiger partial charge in [0.2, 0.25) is 11.8 Å². The van der Waals surface area contributed by atoms with Crippen LogP contribution in [0.15, 0.2) is 47.5 Å². The molecule has 8 heteroatoms. The number of likely N-dealkylation sites (tertiary alicyclic amines) is 1. The van der Waals surface area contributed by atoms with Crippen LogP contribution in [0.3, 0.4) is 0 Å². The average molecular weight is 440 g/mol. The predicted octanol–water partition coefficient (Wildman–Crippen LogP) is 2.38. The average Bonchev–Trinajstić information content (AvgIpc) is 2.81. The maximum absolute atomic E-state index is 12.7. The highest BCUT2D eigenvalue weighted by molar-refractivity contribution is 5.87. The van der Waals surface area contributed by atoms with Gasteiger partial charge in [0.15, 0.2) is 0 Å². The molecule has 32 heavy (non-hydrogen) atoms. The van der Waals surface area contributed by atoms with Crippen LogP contribution < -0.4 is 15.2 Å². The van der Waals surface area contributed by atoms with Gasteiger partial charge in [-0.2, -0.15) is 0 Å². The molecule has 172 valence electrons. The molecule has 1 fully saturated rings. The highest BCUT2D eigenvalue weighted by Gasteiger charge is 2.27. The third-order valence-corrected chi connectivity index (χ3v) is 5.76. The minimum absolute atomic E-state index is 0.0554. The van der Waals surface area contributed by atoms with Gasteiger partial charge in [0.1, 0.15) is 5.69 Å². The second kappa shape index (κ2) is 10.9. The van der Waals surface area contributed by atoms with Crippen molar-refractivity contribution < 1.29 is 9.53 Å². The largest absolute Gasteiger partial charge is 0.481 e. The van der Waals surface area contributed by atoms with E-state index in [-0.39, 0.29) is 17.5 Å². The lowest BCUT2D eigenvalue weighted by atomic mass is 10.0. The Kier molecular flexibility index (Phi) is 8.05. The third-order valence-electron chi connectivity index (χ3n) is 5.76. The summed E-state index contributed by atoms with van der Waals surface area (Å²) in [5.74, 6) is 0.582. The number of pyridine rings is 2. The van der Waals surface area contributed by atoms with Gasteiger partial charge in [-0.3, -0.25) is 9.59 Å². The molecule has 0 saturated carbocycles. The molecule has 1 amide bonds. The summed E-state index contributed by atoms with van der Waals surface area (Å²) in [6.45, 7) is 4.89. The number of H-pyrrole nitrogens is 1. The first kappa shape index (κ1) is 23.5. The Morgan fingerprint density at radius 2 is 2.03 bits per heavy atom. The molecule has 1 N–H and O–H groups in total. The lowest BCUT2D eigenvalue weighted by Crippen LogP contribution is -2.47. The zero-order valence-electron chi connectivity index (χ0n) is 19.4. The number of anilines is 1. The van der Waals surface area contributed by atoms with E-state index in [4.69, 9.17) is 4.74 Å². The van der Waals surface area contributed by atoms with Crippen molar-refractivity contribution in [2.24, 2.45) is 0 Å². The molecule has 3 heterocycles. The number of methoxy groups -OCH3 is 1. The van der Waals surface area contributed by atoms with Crippen molar-refractivity contribution in [2.45, 2.75) is 25.8 Å². The van der Waals surface area contributed by atoms with E-state index < -0.39 is 0 Å². The third kappa shape index (κ3) is 5.76. The van der Waals surface area contributed by atoms with Gasteiger partial charge in [0, 0.05) is 62.3 Å². The molecule has 3 rings (SSSR count). The van der Waals surface area contributed by atoms with E-state index in [2.05, 4.69) is 21.8 Å². The molecule has 2 aromatic rings. The number of likely N-dealkylation sites (N-methyl/N-ethyl adjacent to an activating group) is 1. The van der Waals surface area contributed by atoms with Crippen LogP contribution >= 0.6 is 0 Å². The number of nitrogens with one attached hydrogen (secondary N) is 1. The van der Waals surface area contributed by atoms with Gasteiger partial charge < -0.3 is 24.4 Å². The number of carbonyl (C=O) groups is 1. The van der Waals surface area contributed by atoms with Crippen molar-refractivity contribution >= 4 is 11.6 Å². The molecule has 0 aliphatic carbocycles. The Morgan fingerprint density at radius 1 is 1.28 bits per heavy atom. The van der Waals surface area contributed by atoms with E-state index in [1.54, 1.807) is 25.6 Å². The summed E-state index contributed by atoms with van der Waals surface area (Å²) in [5.41, 5.74) is 2.37. The first-order valence-corrected chi connectivity index (χ1v) is 11.0. The van der Waals surface area contributed by atoms with Crippen LogP contribution in [-0.2, 0) is 4.79 Å². The summed E-state index contributed by atoms with van der Waals surface area (Å²) in [4.78, 5) is 38.2.